The van der Waals surface area contributed by atoms with E-state index in [1.807, 2.05) is 49.6 Å². The molecule has 2 aromatic rings. The fourth-order valence-corrected chi connectivity index (χ4v) is 4.72. The quantitative estimate of drug-likeness (QED) is 0.650. The Bertz CT molecular complexity index is 911. The second kappa shape index (κ2) is 8.91. The van der Waals surface area contributed by atoms with Crippen LogP contribution in [0.5, 0.6) is 0 Å². The molecule has 1 N–H and O–H groups in total. The number of furan rings is 1. The van der Waals surface area contributed by atoms with Crippen molar-refractivity contribution in [1.82, 2.24) is 14.8 Å². The maximum atomic E-state index is 13.5. The predicted molar refractivity (Wildman–Crippen MR) is 118 cm³/mol. The van der Waals surface area contributed by atoms with E-state index < -0.39 is 5.54 Å². The molecule has 168 valence electrons. The van der Waals surface area contributed by atoms with Crippen LogP contribution < -0.4 is 5.32 Å². The van der Waals surface area contributed by atoms with Gasteiger partial charge in [-0.05, 0) is 64.3 Å². The highest BCUT2D eigenvalue weighted by Crippen LogP contribution is 2.34. The molecule has 2 amide bonds. The van der Waals surface area contributed by atoms with Crippen LogP contribution in [0.1, 0.15) is 63.4 Å². The highest BCUT2D eigenvalue weighted by atomic mass is 16.5. The molecular weight excluding hydrogens is 394 g/mol. The monoisotopic (exact) mass is 427 g/mol. The molecule has 0 aromatic carbocycles. The van der Waals surface area contributed by atoms with Crippen LogP contribution in [-0.4, -0.2) is 52.1 Å². The number of carbonyl (C=O) groups is 2. The highest BCUT2D eigenvalue weighted by molar-refractivity contribution is 6.00. The first-order chi connectivity index (χ1) is 14.9. The first-order valence-corrected chi connectivity index (χ1v) is 11.4. The second-order valence-electron chi connectivity index (χ2n) is 9.13. The van der Waals surface area contributed by atoms with Crippen molar-refractivity contribution in [3.8, 4) is 11.5 Å². The Hall–Kier alpha value is -2.54. The summed E-state index contributed by atoms with van der Waals surface area (Å²) in [7, 11) is 0. The van der Waals surface area contributed by atoms with Crippen LogP contribution in [0.3, 0.4) is 0 Å². The Morgan fingerprint density at radius 2 is 2.00 bits per heavy atom. The summed E-state index contributed by atoms with van der Waals surface area (Å²) in [5.74, 6) is 0.483. The van der Waals surface area contributed by atoms with Crippen LogP contribution >= 0.6 is 0 Å². The Kier molecular flexibility index (Phi) is 6.23. The van der Waals surface area contributed by atoms with Gasteiger partial charge >= 0.3 is 0 Å². The summed E-state index contributed by atoms with van der Waals surface area (Å²) < 4.78 is 13.2. The van der Waals surface area contributed by atoms with Gasteiger partial charge in [-0.25, -0.2) is 0 Å². The average Bonchev–Trinajstić information content (AvgIpc) is 3.48. The van der Waals surface area contributed by atoms with Gasteiger partial charge in [-0.15, -0.1) is 0 Å². The normalized spacial score (nSPS) is 21.7. The molecule has 1 aliphatic carbocycles. The summed E-state index contributed by atoms with van der Waals surface area (Å²) in [5.41, 5.74) is 0.420. The van der Waals surface area contributed by atoms with E-state index >= 15 is 0 Å². The molecule has 2 aliphatic rings. The van der Waals surface area contributed by atoms with Crippen LogP contribution in [0.4, 0.5) is 0 Å². The van der Waals surface area contributed by atoms with Crippen LogP contribution in [0.2, 0.25) is 0 Å². The summed E-state index contributed by atoms with van der Waals surface area (Å²) in [4.78, 5) is 28.8. The molecule has 1 saturated carbocycles. The van der Waals surface area contributed by atoms with Crippen molar-refractivity contribution in [2.75, 3.05) is 13.2 Å². The first kappa shape index (κ1) is 21.7. The molecule has 7 nitrogen and oxygen atoms in total. The molecule has 31 heavy (non-hydrogen) atoms. The molecular formula is C24H33N3O4. The minimum Gasteiger partial charge on any atom is -0.463 e. The maximum absolute atomic E-state index is 13.5. The number of ether oxygens (including phenoxy) is 1. The van der Waals surface area contributed by atoms with E-state index in [2.05, 4.69) is 5.32 Å². The zero-order valence-corrected chi connectivity index (χ0v) is 18.7. The molecule has 3 heterocycles. The molecule has 2 aromatic heterocycles. The van der Waals surface area contributed by atoms with E-state index in [0.717, 1.165) is 31.4 Å². The summed E-state index contributed by atoms with van der Waals surface area (Å²) in [6.45, 7) is 7.29. The van der Waals surface area contributed by atoms with Crippen LogP contribution in [0.25, 0.3) is 11.5 Å². The smallest absolute Gasteiger partial charge is 0.271 e. The number of aromatic nitrogens is 1. The molecule has 1 atom stereocenters. The van der Waals surface area contributed by atoms with Gasteiger partial charge < -0.3 is 23.9 Å². The summed E-state index contributed by atoms with van der Waals surface area (Å²) >= 11 is 0. The number of fused-ring (bicyclic) bond motifs is 1. The van der Waals surface area contributed by atoms with Crippen molar-refractivity contribution < 1.29 is 18.7 Å². The van der Waals surface area contributed by atoms with Crippen LogP contribution in [0, 0.1) is 0 Å². The number of hydrogen-bond donors (Lipinski definition) is 1. The number of carbonyl (C=O) groups excluding carboxylic acids is 2. The van der Waals surface area contributed by atoms with E-state index in [1.54, 1.807) is 11.2 Å². The van der Waals surface area contributed by atoms with Crippen molar-refractivity contribution in [3.05, 3.63) is 36.2 Å². The lowest BCUT2D eigenvalue weighted by Crippen LogP contribution is -2.65. The fourth-order valence-electron chi connectivity index (χ4n) is 4.72. The Morgan fingerprint density at radius 3 is 2.68 bits per heavy atom. The van der Waals surface area contributed by atoms with E-state index in [1.165, 1.54) is 0 Å². The first-order valence-electron chi connectivity index (χ1n) is 11.4. The van der Waals surface area contributed by atoms with Gasteiger partial charge in [0.2, 0.25) is 5.91 Å². The second-order valence-corrected chi connectivity index (χ2v) is 9.13. The van der Waals surface area contributed by atoms with Crippen LogP contribution in [0.15, 0.2) is 34.9 Å². The van der Waals surface area contributed by atoms with Gasteiger partial charge in [0.25, 0.3) is 5.91 Å². The van der Waals surface area contributed by atoms with E-state index in [-0.39, 0.29) is 24.0 Å². The third kappa shape index (κ3) is 4.28. The SMILES string of the molecule is CC(C)OCCCN1C(=O)c2ccc(-c3ccco3)n2C[C@@]1(C)C(=O)NC1CCCC1. The van der Waals surface area contributed by atoms with E-state index in [4.69, 9.17) is 9.15 Å². The van der Waals surface area contributed by atoms with Crippen molar-refractivity contribution in [2.24, 2.45) is 0 Å². The Labute approximate surface area is 183 Å². The predicted octanol–water partition coefficient (Wildman–Crippen LogP) is 3.84. The highest BCUT2D eigenvalue weighted by Gasteiger charge is 2.48. The minimum absolute atomic E-state index is 0.0812. The summed E-state index contributed by atoms with van der Waals surface area (Å²) in [6.07, 6.45) is 6.73. The number of nitrogens with zero attached hydrogens (tertiary/aromatic N) is 2. The fraction of sp³-hybridized carbons (Fsp3) is 0.583. The van der Waals surface area contributed by atoms with Crippen molar-refractivity contribution in [1.29, 1.82) is 0 Å². The maximum Gasteiger partial charge on any atom is 0.271 e. The number of amides is 2. The third-order valence-corrected chi connectivity index (χ3v) is 6.44. The van der Waals surface area contributed by atoms with Gasteiger partial charge in [-0.3, -0.25) is 9.59 Å². The van der Waals surface area contributed by atoms with Gasteiger partial charge in [-0.2, -0.15) is 0 Å². The molecule has 0 unspecified atom stereocenters. The van der Waals surface area contributed by atoms with Crippen molar-refractivity contribution >= 4 is 11.8 Å². The van der Waals surface area contributed by atoms with Gasteiger partial charge in [-0.1, -0.05) is 12.8 Å². The molecule has 0 spiro atoms. The lowest BCUT2D eigenvalue weighted by atomic mass is 9.93. The van der Waals surface area contributed by atoms with Crippen molar-refractivity contribution in [2.45, 2.75) is 77.1 Å². The third-order valence-electron chi connectivity index (χ3n) is 6.44. The number of nitrogens with one attached hydrogen (secondary N) is 1. The summed E-state index contributed by atoms with van der Waals surface area (Å²) in [6, 6.07) is 7.62. The zero-order chi connectivity index (χ0) is 22.0. The van der Waals surface area contributed by atoms with Gasteiger partial charge in [0.05, 0.1) is 24.6 Å². The molecule has 0 bridgehead atoms. The van der Waals surface area contributed by atoms with Gasteiger partial charge in [0.15, 0.2) is 0 Å². The molecule has 1 aliphatic heterocycles. The van der Waals surface area contributed by atoms with Crippen molar-refractivity contribution in [3.63, 3.8) is 0 Å². The number of hydrogen-bond acceptors (Lipinski definition) is 4. The molecule has 0 radical (unpaired) electrons. The Balaban J connectivity index is 1.63. The Morgan fingerprint density at radius 1 is 1.26 bits per heavy atom. The topological polar surface area (TPSA) is 76.7 Å². The van der Waals surface area contributed by atoms with Gasteiger partial charge in [0.1, 0.15) is 17.0 Å². The molecule has 1 fully saturated rings. The molecule has 0 saturated heterocycles. The zero-order valence-electron chi connectivity index (χ0n) is 18.7. The van der Waals surface area contributed by atoms with Gasteiger partial charge in [0, 0.05) is 19.2 Å². The van der Waals surface area contributed by atoms with E-state index in [9.17, 15) is 9.59 Å². The summed E-state index contributed by atoms with van der Waals surface area (Å²) in [5, 5.41) is 3.22. The largest absolute Gasteiger partial charge is 0.463 e. The minimum atomic E-state index is -0.981. The molecule has 7 heteroatoms. The average molecular weight is 428 g/mol. The lowest BCUT2D eigenvalue weighted by Gasteiger charge is -2.44. The van der Waals surface area contributed by atoms with E-state index in [0.29, 0.717) is 37.6 Å². The number of rotatable bonds is 8. The lowest BCUT2D eigenvalue weighted by molar-refractivity contribution is -0.133. The standard InChI is InChI=1S/C24H33N3O4/c1-17(2)30-15-7-13-27-22(28)20-12-11-19(21-10-6-14-31-21)26(20)16-24(27,3)23(29)25-18-8-4-5-9-18/h6,10-12,14,17-18H,4-5,7-9,13,15-16H2,1-3H3,(H,25,29)/t24-/m0/s1. The molecule has 4 rings (SSSR count). The van der Waals surface area contributed by atoms with Crippen LogP contribution in [-0.2, 0) is 16.1 Å².